The Morgan fingerprint density at radius 1 is 0.938 bits per heavy atom. The minimum absolute atomic E-state index is 0.368. The van der Waals surface area contributed by atoms with E-state index in [0.717, 1.165) is 11.1 Å². The fraction of sp³-hybridized carbons (Fsp3) is 0.308. The van der Waals surface area contributed by atoms with Gasteiger partial charge in [-0.15, -0.1) is 0 Å². The van der Waals surface area contributed by atoms with Crippen LogP contribution in [0.2, 0.25) is 12.6 Å². The third kappa shape index (κ3) is 6.10. The van der Waals surface area contributed by atoms with Crippen molar-refractivity contribution in [3.8, 4) is 23.3 Å². The molecule has 1 saturated heterocycles. The maximum Gasteiger partial charge on any atom is 0.303 e. The summed E-state index contributed by atoms with van der Waals surface area (Å²) in [4.78, 5) is 23.8. The predicted octanol–water partition coefficient (Wildman–Crippen LogP) is 3.86. The molecule has 5 nitrogen and oxygen atoms in total. The van der Waals surface area contributed by atoms with E-state index in [1.54, 1.807) is 6.92 Å². The second kappa shape index (κ2) is 9.87. The van der Waals surface area contributed by atoms with Crippen molar-refractivity contribution in [1.82, 2.24) is 0 Å². The highest BCUT2D eigenvalue weighted by molar-refractivity contribution is 6.81. The first kappa shape index (κ1) is 23.3. The number of carbonyl (C=O) groups excluding carboxylic acids is 2. The van der Waals surface area contributed by atoms with Gasteiger partial charge in [0.05, 0.1) is 0 Å². The van der Waals surface area contributed by atoms with Crippen molar-refractivity contribution >= 4 is 20.3 Å². The van der Waals surface area contributed by atoms with Gasteiger partial charge in [-0.05, 0) is 37.7 Å². The number of rotatable bonds is 2. The van der Waals surface area contributed by atoms with Crippen LogP contribution < -0.4 is 0 Å². The van der Waals surface area contributed by atoms with Crippen LogP contribution in [0.4, 0.5) is 0 Å². The summed E-state index contributed by atoms with van der Waals surface area (Å²) in [6, 6.07) is 19.4. The number of ether oxygens (including phenoxy) is 2. The highest BCUT2D eigenvalue weighted by Crippen LogP contribution is 2.37. The largest absolute Gasteiger partial charge is 0.459 e. The Hall–Kier alpha value is -3.32. The van der Waals surface area contributed by atoms with E-state index in [1.165, 1.54) is 13.8 Å². The van der Waals surface area contributed by atoms with Crippen LogP contribution in [-0.4, -0.2) is 38.1 Å². The van der Waals surface area contributed by atoms with Gasteiger partial charge < -0.3 is 13.9 Å². The van der Waals surface area contributed by atoms with Gasteiger partial charge in [-0.2, -0.15) is 0 Å². The quantitative estimate of drug-likeness (QED) is 0.398. The van der Waals surface area contributed by atoms with Gasteiger partial charge >= 0.3 is 11.9 Å². The summed E-state index contributed by atoms with van der Waals surface area (Å²) in [5, 5.41) is 0. The monoisotopic (exact) mass is 446 g/mol. The van der Waals surface area contributed by atoms with Crippen molar-refractivity contribution in [3.63, 3.8) is 0 Å². The van der Waals surface area contributed by atoms with Crippen molar-refractivity contribution in [2.75, 3.05) is 0 Å². The number of benzene rings is 2. The lowest BCUT2D eigenvalue weighted by molar-refractivity contribution is -0.180. The Morgan fingerprint density at radius 3 is 2.00 bits per heavy atom. The predicted molar refractivity (Wildman–Crippen MR) is 124 cm³/mol. The third-order valence-electron chi connectivity index (χ3n) is 4.99. The van der Waals surface area contributed by atoms with E-state index in [2.05, 4.69) is 23.3 Å². The molecule has 1 aliphatic rings. The molecule has 0 aromatic heterocycles. The zero-order valence-corrected chi connectivity index (χ0v) is 19.7. The zero-order chi connectivity index (χ0) is 23.2. The highest BCUT2D eigenvalue weighted by Gasteiger charge is 2.55. The second-order valence-electron chi connectivity index (χ2n) is 8.05. The zero-order valence-electron chi connectivity index (χ0n) is 18.7. The molecule has 164 valence electrons. The SMILES string of the molecule is CC(=O)OC1C[Si](C)(C#Cc2ccccc2)OC(C)(C#Cc2ccccc2)C1OC(C)=O. The van der Waals surface area contributed by atoms with Crippen LogP contribution in [-0.2, 0) is 23.5 Å². The summed E-state index contributed by atoms with van der Waals surface area (Å²) in [6.07, 6.45) is -1.58. The van der Waals surface area contributed by atoms with E-state index in [1.807, 2.05) is 67.2 Å². The summed E-state index contributed by atoms with van der Waals surface area (Å²) in [6.45, 7) is 6.38. The van der Waals surface area contributed by atoms with Crippen LogP contribution in [0, 0.1) is 23.3 Å². The van der Waals surface area contributed by atoms with Crippen LogP contribution in [0.25, 0.3) is 0 Å². The number of hydrogen-bond acceptors (Lipinski definition) is 5. The van der Waals surface area contributed by atoms with Gasteiger partial charge in [-0.1, -0.05) is 59.7 Å². The molecule has 0 saturated carbocycles. The molecular formula is C26H26O5Si. The molecule has 3 rings (SSSR count). The van der Waals surface area contributed by atoms with Gasteiger partial charge in [0.15, 0.2) is 11.7 Å². The molecule has 0 spiro atoms. The second-order valence-corrected chi connectivity index (χ2v) is 11.4. The Bertz CT molecular complexity index is 1090. The molecule has 4 atom stereocenters. The molecule has 1 fully saturated rings. The van der Waals surface area contributed by atoms with E-state index < -0.39 is 38.1 Å². The van der Waals surface area contributed by atoms with Gasteiger partial charge in [0.1, 0.15) is 6.10 Å². The third-order valence-corrected chi connectivity index (χ3v) is 7.70. The van der Waals surface area contributed by atoms with Crippen LogP contribution in [0.5, 0.6) is 0 Å². The Labute approximate surface area is 190 Å². The summed E-state index contributed by atoms with van der Waals surface area (Å²) in [5.74, 6) is 8.49. The molecule has 2 aromatic rings. The lowest BCUT2D eigenvalue weighted by Crippen LogP contribution is -2.63. The molecule has 6 heteroatoms. The molecule has 0 N–H and O–H groups in total. The summed E-state index contributed by atoms with van der Waals surface area (Å²) >= 11 is 0. The maximum absolute atomic E-state index is 11.9. The van der Waals surface area contributed by atoms with Gasteiger partial charge in [0.2, 0.25) is 0 Å². The lowest BCUT2D eigenvalue weighted by Gasteiger charge is -2.46. The Balaban J connectivity index is 2.04. The lowest BCUT2D eigenvalue weighted by atomic mass is 9.94. The van der Waals surface area contributed by atoms with Gasteiger partial charge in [0, 0.05) is 31.0 Å². The first-order valence-electron chi connectivity index (χ1n) is 10.4. The Morgan fingerprint density at radius 2 is 1.47 bits per heavy atom. The fourth-order valence-electron chi connectivity index (χ4n) is 3.71. The normalized spacial score (nSPS) is 26.5. The van der Waals surface area contributed by atoms with E-state index in [0.29, 0.717) is 6.04 Å². The average molecular weight is 447 g/mol. The van der Waals surface area contributed by atoms with E-state index in [4.69, 9.17) is 13.9 Å². The van der Waals surface area contributed by atoms with E-state index in [-0.39, 0.29) is 0 Å². The van der Waals surface area contributed by atoms with Crippen LogP contribution >= 0.6 is 0 Å². The van der Waals surface area contributed by atoms with Crippen molar-refractivity contribution in [3.05, 3.63) is 71.8 Å². The summed E-state index contributed by atoms with van der Waals surface area (Å²) in [5.41, 5.74) is 3.78. The number of esters is 2. The minimum atomic E-state index is -2.75. The molecule has 32 heavy (non-hydrogen) atoms. The maximum atomic E-state index is 11.9. The molecule has 0 amide bonds. The molecule has 0 aliphatic carbocycles. The molecule has 0 bridgehead atoms. The minimum Gasteiger partial charge on any atom is -0.459 e. The van der Waals surface area contributed by atoms with Gasteiger partial charge in [-0.25, -0.2) is 0 Å². The molecule has 1 aliphatic heterocycles. The Kier molecular flexibility index (Phi) is 7.20. The molecule has 2 aromatic carbocycles. The van der Waals surface area contributed by atoms with Crippen LogP contribution in [0.3, 0.4) is 0 Å². The summed E-state index contributed by atoms with van der Waals surface area (Å²) < 4.78 is 17.8. The smallest absolute Gasteiger partial charge is 0.303 e. The van der Waals surface area contributed by atoms with Crippen LogP contribution in [0.1, 0.15) is 31.9 Å². The molecular weight excluding hydrogens is 420 g/mol. The van der Waals surface area contributed by atoms with Gasteiger partial charge in [0.25, 0.3) is 8.32 Å². The van der Waals surface area contributed by atoms with Crippen molar-refractivity contribution in [2.45, 2.75) is 51.2 Å². The first-order valence-corrected chi connectivity index (χ1v) is 13.0. The highest BCUT2D eigenvalue weighted by atomic mass is 28.4. The van der Waals surface area contributed by atoms with Crippen molar-refractivity contribution in [1.29, 1.82) is 0 Å². The van der Waals surface area contributed by atoms with Crippen LogP contribution in [0.15, 0.2) is 60.7 Å². The van der Waals surface area contributed by atoms with E-state index in [9.17, 15) is 9.59 Å². The fourth-order valence-corrected chi connectivity index (χ4v) is 6.53. The standard InChI is InChI=1S/C26H26O5Si/c1-20(27)29-24-19-32(4,18-16-23-13-9-6-10-14-23)31-26(3,25(24)30-21(2)28)17-15-22-11-7-5-8-12-22/h5-14,24-25H,19H2,1-4H3. The average Bonchev–Trinajstić information content (AvgIpc) is 2.75. The first-order chi connectivity index (χ1) is 15.2. The summed E-state index contributed by atoms with van der Waals surface area (Å²) in [7, 11) is -2.75. The number of hydrogen-bond donors (Lipinski definition) is 0. The molecule has 1 heterocycles. The topological polar surface area (TPSA) is 61.8 Å². The van der Waals surface area contributed by atoms with E-state index >= 15 is 0 Å². The molecule has 0 radical (unpaired) electrons. The number of carbonyl (C=O) groups is 2. The van der Waals surface area contributed by atoms with Crippen molar-refractivity contribution in [2.24, 2.45) is 0 Å². The van der Waals surface area contributed by atoms with Crippen molar-refractivity contribution < 1.29 is 23.5 Å². The molecule has 4 unspecified atom stereocenters. The van der Waals surface area contributed by atoms with Gasteiger partial charge in [-0.3, -0.25) is 9.59 Å².